The van der Waals surface area contributed by atoms with E-state index in [9.17, 15) is 9.90 Å². The molecule has 0 saturated carbocycles. The summed E-state index contributed by atoms with van der Waals surface area (Å²) in [6.45, 7) is 10.6. The van der Waals surface area contributed by atoms with Gasteiger partial charge in [0.25, 0.3) is 0 Å². The van der Waals surface area contributed by atoms with Crippen LogP contribution in [-0.4, -0.2) is 32.6 Å². The maximum atomic E-state index is 12.8. The van der Waals surface area contributed by atoms with Crippen LogP contribution in [0, 0.1) is 0 Å². The summed E-state index contributed by atoms with van der Waals surface area (Å²) in [5, 5.41) is 13.5. The van der Waals surface area contributed by atoms with E-state index < -0.39 is 26.4 Å². The van der Waals surface area contributed by atoms with Crippen LogP contribution >= 0.6 is 0 Å². The highest BCUT2D eigenvalue weighted by Crippen LogP contribution is 2.40. The Morgan fingerprint density at radius 2 is 1.61 bits per heavy atom. The minimum atomic E-state index is -2.28. The maximum Gasteiger partial charge on any atom is 0.336 e. The van der Waals surface area contributed by atoms with Crippen LogP contribution in [0.5, 0.6) is 5.75 Å². The molecule has 0 fully saturated rings. The number of carbonyl (C=O) groups excluding carboxylic acids is 1. The Labute approximate surface area is 168 Å². The first-order chi connectivity index (χ1) is 13.1. The number of methoxy groups -OCH3 is 1. The highest BCUT2D eigenvalue weighted by atomic mass is 28.4. The molecule has 0 aromatic heterocycles. The predicted octanol–water partition coefficient (Wildman–Crippen LogP) is 5.11. The van der Waals surface area contributed by atoms with E-state index in [0.29, 0.717) is 5.69 Å². The Morgan fingerprint density at radius 3 is 2.14 bits per heavy atom. The van der Waals surface area contributed by atoms with Gasteiger partial charge in [0.2, 0.25) is 0 Å². The summed E-state index contributed by atoms with van der Waals surface area (Å²) in [4.78, 5) is 12.8. The summed E-state index contributed by atoms with van der Waals surface area (Å²) in [6.07, 6.45) is -0.854. The van der Waals surface area contributed by atoms with Crippen LogP contribution in [0.4, 0.5) is 5.69 Å². The van der Waals surface area contributed by atoms with Gasteiger partial charge in [-0.15, -0.1) is 0 Å². The van der Waals surface area contributed by atoms with E-state index in [0.717, 1.165) is 5.56 Å². The van der Waals surface area contributed by atoms with Gasteiger partial charge in [0.05, 0.1) is 18.8 Å². The van der Waals surface area contributed by atoms with E-state index in [1.807, 2.05) is 36.4 Å². The molecule has 0 radical (unpaired) electrons. The Bertz CT molecular complexity index is 787. The topological polar surface area (TPSA) is 67.8 Å². The monoisotopic (exact) mass is 401 g/mol. The van der Waals surface area contributed by atoms with E-state index in [4.69, 9.17) is 9.16 Å². The van der Waals surface area contributed by atoms with Crippen molar-refractivity contribution < 1.29 is 19.1 Å². The molecule has 0 spiro atoms. The van der Waals surface area contributed by atoms with Crippen molar-refractivity contribution in [2.45, 2.75) is 51.0 Å². The standard InChI is InChI=1S/C22H31NO4Si/c1-22(2,3)28(5,6)27-20(21(25)26-4)19(16-12-8-7-9-13-16)23-17-14-10-11-15-18(17)24/h7-15,19-20,23-24H,1-6H3/t19-,20-/m1/s1. The third-order valence-electron chi connectivity index (χ3n) is 5.34. The van der Waals surface area contributed by atoms with Crippen LogP contribution < -0.4 is 5.32 Å². The number of ether oxygens (including phenoxy) is 1. The van der Waals surface area contributed by atoms with Crippen molar-refractivity contribution >= 4 is 20.0 Å². The smallest absolute Gasteiger partial charge is 0.336 e. The van der Waals surface area contributed by atoms with Gasteiger partial charge in [-0.1, -0.05) is 63.2 Å². The number of benzene rings is 2. The molecular formula is C22H31NO4Si. The molecule has 6 heteroatoms. The Morgan fingerprint density at radius 1 is 1.04 bits per heavy atom. The normalized spacial score (nSPS) is 14.2. The van der Waals surface area contributed by atoms with Crippen LogP contribution in [0.2, 0.25) is 18.1 Å². The number of para-hydroxylation sites is 2. The van der Waals surface area contributed by atoms with Crippen LogP contribution in [0.1, 0.15) is 32.4 Å². The van der Waals surface area contributed by atoms with E-state index in [1.165, 1.54) is 7.11 Å². The van der Waals surface area contributed by atoms with Gasteiger partial charge in [-0.2, -0.15) is 0 Å². The third-order valence-corrected chi connectivity index (χ3v) is 9.79. The number of anilines is 1. The van der Waals surface area contributed by atoms with E-state index >= 15 is 0 Å². The van der Waals surface area contributed by atoms with Gasteiger partial charge < -0.3 is 19.6 Å². The van der Waals surface area contributed by atoms with Gasteiger partial charge in [-0.3, -0.25) is 0 Å². The molecule has 28 heavy (non-hydrogen) atoms. The van der Waals surface area contributed by atoms with E-state index in [2.05, 4.69) is 39.2 Å². The molecule has 0 aliphatic carbocycles. The highest BCUT2D eigenvalue weighted by molar-refractivity contribution is 6.74. The maximum absolute atomic E-state index is 12.8. The molecule has 0 heterocycles. The van der Waals surface area contributed by atoms with Gasteiger partial charge in [0.1, 0.15) is 5.75 Å². The fourth-order valence-electron chi connectivity index (χ4n) is 2.62. The lowest BCUT2D eigenvalue weighted by atomic mass is 10.0. The Hall–Kier alpha value is -2.31. The number of aromatic hydroxyl groups is 1. The number of hydrogen-bond donors (Lipinski definition) is 2. The molecule has 152 valence electrons. The molecule has 0 unspecified atom stereocenters. The second-order valence-electron chi connectivity index (χ2n) is 8.37. The minimum Gasteiger partial charge on any atom is -0.506 e. The molecular weight excluding hydrogens is 370 g/mol. The van der Waals surface area contributed by atoms with E-state index in [1.54, 1.807) is 18.2 Å². The quantitative estimate of drug-likeness (QED) is 0.383. The number of phenolic OH excluding ortho intramolecular Hbond substituents is 1. The number of rotatable bonds is 7. The summed E-state index contributed by atoms with van der Waals surface area (Å²) < 4.78 is 11.6. The zero-order chi connectivity index (χ0) is 20.9. The molecule has 2 N–H and O–H groups in total. The molecule has 5 nitrogen and oxygen atoms in total. The SMILES string of the molecule is COC(=O)[C@H](O[Si](C)(C)C(C)(C)C)[C@H](Nc1ccccc1O)c1ccccc1. The molecule has 0 saturated heterocycles. The van der Waals surface area contributed by atoms with Gasteiger partial charge >= 0.3 is 5.97 Å². The second kappa shape index (κ2) is 8.79. The molecule has 2 atom stereocenters. The lowest BCUT2D eigenvalue weighted by Gasteiger charge is -2.40. The van der Waals surface area contributed by atoms with Crippen LogP contribution in [0.15, 0.2) is 54.6 Å². The number of esters is 1. The average Bonchev–Trinajstić information content (AvgIpc) is 2.65. The van der Waals surface area contributed by atoms with Gasteiger partial charge in [-0.05, 0) is 35.8 Å². The average molecular weight is 402 g/mol. The summed E-state index contributed by atoms with van der Waals surface area (Å²) in [5.74, 6) is -0.332. The first-order valence-electron chi connectivity index (χ1n) is 9.42. The Balaban J connectivity index is 2.50. The molecule has 0 amide bonds. The number of nitrogens with one attached hydrogen (secondary N) is 1. The first-order valence-corrected chi connectivity index (χ1v) is 12.3. The van der Waals surface area contributed by atoms with Gasteiger partial charge in [0, 0.05) is 0 Å². The molecule has 0 aliphatic heterocycles. The highest BCUT2D eigenvalue weighted by Gasteiger charge is 2.44. The largest absolute Gasteiger partial charge is 0.506 e. The molecule has 2 aromatic rings. The van der Waals surface area contributed by atoms with Crippen LogP contribution in [0.25, 0.3) is 0 Å². The fraction of sp³-hybridized carbons (Fsp3) is 0.409. The van der Waals surface area contributed by atoms with Gasteiger partial charge in [0.15, 0.2) is 14.4 Å². The molecule has 0 aliphatic rings. The van der Waals surface area contributed by atoms with Gasteiger partial charge in [-0.25, -0.2) is 4.79 Å². The number of carbonyl (C=O) groups is 1. The van der Waals surface area contributed by atoms with Crippen molar-refractivity contribution in [2.24, 2.45) is 0 Å². The summed E-state index contributed by atoms with van der Waals surface area (Å²) >= 11 is 0. The fourth-order valence-corrected chi connectivity index (χ4v) is 3.84. The molecule has 2 aromatic carbocycles. The number of phenols is 1. The van der Waals surface area contributed by atoms with Crippen molar-refractivity contribution in [1.82, 2.24) is 0 Å². The number of hydrogen-bond acceptors (Lipinski definition) is 5. The van der Waals surface area contributed by atoms with Crippen molar-refractivity contribution in [2.75, 3.05) is 12.4 Å². The zero-order valence-corrected chi connectivity index (χ0v) is 18.5. The Kier molecular flexibility index (Phi) is 6.90. The lowest BCUT2D eigenvalue weighted by Crippen LogP contribution is -2.49. The first kappa shape index (κ1) is 22.0. The summed E-state index contributed by atoms with van der Waals surface area (Å²) in [6, 6.07) is 16.0. The van der Waals surface area contributed by atoms with Crippen molar-refractivity contribution in [3.63, 3.8) is 0 Å². The summed E-state index contributed by atoms with van der Waals surface area (Å²) in [5.41, 5.74) is 1.41. The van der Waals surface area contributed by atoms with Crippen molar-refractivity contribution in [3.05, 3.63) is 60.2 Å². The molecule has 2 rings (SSSR count). The predicted molar refractivity (Wildman–Crippen MR) is 115 cm³/mol. The van der Waals surface area contributed by atoms with Crippen LogP contribution in [-0.2, 0) is 14.0 Å². The second-order valence-corrected chi connectivity index (χ2v) is 13.1. The lowest BCUT2D eigenvalue weighted by molar-refractivity contribution is -0.150. The van der Waals surface area contributed by atoms with E-state index in [-0.39, 0.29) is 10.8 Å². The minimum absolute atomic E-state index is 0.0740. The third kappa shape index (κ3) is 5.14. The van der Waals surface area contributed by atoms with Crippen molar-refractivity contribution in [3.8, 4) is 5.75 Å². The zero-order valence-electron chi connectivity index (χ0n) is 17.5. The summed E-state index contributed by atoms with van der Waals surface area (Å²) in [7, 11) is -0.909. The van der Waals surface area contributed by atoms with Crippen molar-refractivity contribution in [1.29, 1.82) is 0 Å². The molecule has 0 bridgehead atoms. The van der Waals surface area contributed by atoms with Crippen LogP contribution in [0.3, 0.4) is 0 Å².